The number of aromatic amines is 1. The zero-order valence-corrected chi connectivity index (χ0v) is 14.2. The van der Waals surface area contributed by atoms with Gasteiger partial charge in [0.15, 0.2) is 5.65 Å². The van der Waals surface area contributed by atoms with E-state index in [2.05, 4.69) is 15.4 Å². The minimum Gasteiger partial charge on any atom is -0.326 e. The molecule has 0 atom stereocenters. The lowest BCUT2D eigenvalue weighted by Gasteiger charge is -2.11. The standard InChI is InChI=1S/C18H20N4O2/c1-10-6-5-7-13(8-10)20-15(23)9-14-11(2)16-17(19-12(14)3)22(4)21-18(16)24/h5-8H,9H2,1-4H3,(H,20,23)(H,21,24). The van der Waals surface area contributed by atoms with E-state index in [1.54, 1.807) is 11.7 Å². The predicted molar refractivity (Wildman–Crippen MR) is 94.3 cm³/mol. The summed E-state index contributed by atoms with van der Waals surface area (Å²) in [5, 5.41) is 6.15. The Balaban J connectivity index is 1.93. The maximum atomic E-state index is 12.4. The Kier molecular flexibility index (Phi) is 3.97. The summed E-state index contributed by atoms with van der Waals surface area (Å²) in [6.45, 7) is 5.70. The molecule has 0 aliphatic carbocycles. The van der Waals surface area contributed by atoms with E-state index in [0.717, 1.165) is 28.1 Å². The van der Waals surface area contributed by atoms with Crippen molar-refractivity contribution in [1.82, 2.24) is 14.8 Å². The minimum atomic E-state index is -0.183. The number of amides is 1. The van der Waals surface area contributed by atoms with Gasteiger partial charge in [-0.1, -0.05) is 12.1 Å². The summed E-state index contributed by atoms with van der Waals surface area (Å²) in [5.74, 6) is -0.125. The number of nitrogens with one attached hydrogen (secondary N) is 2. The molecule has 2 heterocycles. The van der Waals surface area contributed by atoms with Crippen LogP contribution < -0.4 is 10.9 Å². The molecule has 1 aromatic carbocycles. The van der Waals surface area contributed by atoms with Gasteiger partial charge in [0.25, 0.3) is 5.56 Å². The number of aromatic nitrogens is 3. The summed E-state index contributed by atoms with van der Waals surface area (Å²) >= 11 is 0. The van der Waals surface area contributed by atoms with Crippen LogP contribution in [0.4, 0.5) is 5.69 Å². The van der Waals surface area contributed by atoms with Crippen molar-refractivity contribution in [2.45, 2.75) is 27.2 Å². The van der Waals surface area contributed by atoms with Gasteiger partial charge in [-0.25, -0.2) is 4.98 Å². The number of pyridine rings is 1. The highest BCUT2D eigenvalue weighted by Crippen LogP contribution is 2.21. The molecule has 0 fully saturated rings. The third kappa shape index (κ3) is 2.82. The first-order chi connectivity index (χ1) is 11.4. The minimum absolute atomic E-state index is 0.125. The van der Waals surface area contributed by atoms with Crippen LogP contribution in [0.5, 0.6) is 0 Å². The molecule has 0 bridgehead atoms. The number of hydrogen-bond donors (Lipinski definition) is 2. The lowest BCUT2D eigenvalue weighted by molar-refractivity contribution is -0.115. The Morgan fingerprint density at radius 2 is 2.04 bits per heavy atom. The van der Waals surface area contributed by atoms with Gasteiger partial charge in [-0.15, -0.1) is 0 Å². The molecule has 0 aliphatic heterocycles. The highest BCUT2D eigenvalue weighted by atomic mass is 16.1. The maximum absolute atomic E-state index is 12.4. The number of anilines is 1. The van der Waals surface area contributed by atoms with Crippen molar-refractivity contribution < 1.29 is 4.79 Å². The molecular weight excluding hydrogens is 304 g/mol. The first-order valence-electron chi connectivity index (χ1n) is 7.78. The Labute approximate surface area is 139 Å². The van der Waals surface area contributed by atoms with Gasteiger partial charge in [0.1, 0.15) is 0 Å². The summed E-state index contributed by atoms with van der Waals surface area (Å²) in [4.78, 5) is 29.0. The van der Waals surface area contributed by atoms with E-state index in [-0.39, 0.29) is 17.9 Å². The molecule has 24 heavy (non-hydrogen) atoms. The van der Waals surface area contributed by atoms with Crippen molar-refractivity contribution in [1.29, 1.82) is 0 Å². The second-order valence-corrected chi connectivity index (χ2v) is 6.09. The van der Waals surface area contributed by atoms with Crippen LogP contribution in [0.15, 0.2) is 29.1 Å². The zero-order chi connectivity index (χ0) is 17.4. The smallest absolute Gasteiger partial charge is 0.273 e. The number of rotatable bonds is 3. The number of benzene rings is 1. The van der Waals surface area contributed by atoms with E-state index in [1.807, 2.05) is 45.0 Å². The second kappa shape index (κ2) is 5.96. The van der Waals surface area contributed by atoms with E-state index >= 15 is 0 Å². The molecule has 0 saturated heterocycles. The number of aryl methyl sites for hydroxylation is 4. The Hall–Kier alpha value is -2.89. The van der Waals surface area contributed by atoms with E-state index in [1.165, 1.54) is 0 Å². The zero-order valence-electron chi connectivity index (χ0n) is 14.2. The lowest BCUT2D eigenvalue weighted by atomic mass is 10.0. The van der Waals surface area contributed by atoms with Crippen LogP contribution in [-0.2, 0) is 18.3 Å². The van der Waals surface area contributed by atoms with Crippen LogP contribution in [0.2, 0.25) is 0 Å². The summed E-state index contributed by atoms with van der Waals surface area (Å²) < 4.78 is 1.61. The molecule has 0 aliphatic rings. The summed E-state index contributed by atoms with van der Waals surface area (Å²) in [7, 11) is 1.75. The molecule has 2 aromatic heterocycles. The number of fused-ring (bicyclic) bond motifs is 1. The largest absolute Gasteiger partial charge is 0.326 e. The lowest BCUT2D eigenvalue weighted by Crippen LogP contribution is -2.17. The first kappa shape index (κ1) is 16.0. The first-order valence-corrected chi connectivity index (χ1v) is 7.78. The average Bonchev–Trinajstić information content (AvgIpc) is 2.78. The van der Waals surface area contributed by atoms with E-state index < -0.39 is 0 Å². The molecule has 0 unspecified atom stereocenters. The molecule has 6 nitrogen and oxygen atoms in total. The quantitative estimate of drug-likeness (QED) is 0.776. The van der Waals surface area contributed by atoms with Gasteiger partial charge in [0.2, 0.25) is 5.91 Å². The van der Waals surface area contributed by atoms with Gasteiger partial charge in [0.05, 0.1) is 11.8 Å². The van der Waals surface area contributed by atoms with Crippen LogP contribution in [0.1, 0.15) is 22.4 Å². The summed E-state index contributed by atoms with van der Waals surface area (Å²) in [6.07, 6.45) is 0.183. The molecule has 1 amide bonds. The van der Waals surface area contributed by atoms with Crippen molar-refractivity contribution in [3.63, 3.8) is 0 Å². The van der Waals surface area contributed by atoms with Gasteiger partial charge in [-0.05, 0) is 49.6 Å². The Morgan fingerprint density at radius 3 is 2.75 bits per heavy atom. The van der Waals surface area contributed by atoms with Gasteiger partial charge in [-0.3, -0.25) is 19.4 Å². The molecule has 6 heteroatoms. The van der Waals surface area contributed by atoms with Crippen molar-refractivity contribution >= 4 is 22.6 Å². The Bertz CT molecular complexity index is 998. The van der Waals surface area contributed by atoms with Gasteiger partial charge in [-0.2, -0.15) is 0 Å². The second-order valence-electron chi connectivity index (χ2n) is 6.09. The van der Waals surface area contributed by atoms with Crippen LogP contribution in [0.3, 0.4) is 0 Å². The van der Waals surface area contributed by atoms with E-state index in [9.17, 15) is 9.59 Å². The fourth-order valence-electron chi connectivity index (χ4n) is 3.00. The SMILES string of the molecule is Cc1cccc(NC(=O)Cc2c(C)nc3c(c2C)c(=O)[nH]n3C)c1. The van der Waals surface area contributed by atoms with Crippen LogP contribution in [0.25, 0.3) is 11.0 Å². The number of carbonyl (C=O) groups is 1. The highest BCUT2D eigenvalue weighted by molar-refractivity contribution is 5.93. The maximum Gasteiger partial charge on any atom is 0.273 e. The molecule has 3 rings (SSSR count). The number of carbonyl (C=O) groups excluding carboxylic acids is 1. The Morgan fingerprint density at radius 1 is 1.29 bits per heavy atom. The normalized spacial score (nSPS) is 11.0. The molecular formula is C18H20N4O2. The van der Waals surface area contributed by atoms with Gasteiger partial charge in [0, 0.05) is 18.4 Å². The van der Waals surface area contributed by atoms with Crippen molar-refractivity contribution in [2.75, 3.05) is 5.32 Å². The molecule has 0 spiro atoms. The molecule has 0 radical (unpaired) electrons. The summed E-state index contributed by atoms with van der Waals surface area (Å²) in [5.41, 5.74) is 4.63. The molecule has 3 aromatic rings. The highest BCUT2D eigenvalue weighted by Gasteiger charge is 2.17. The topological polar surface area (TPSA) is 79.8 Å². The van der Waals surface area contributed by atoms with Crippen molar-refractivity contribution in [3.05, 3.63) is 57.0 Å². The van der Waals surface area contributed by atoms with Crippen LogP contribution in [0, 0.1) is 20.8 Å². The fourth-order valence-corrected chi connectivity index (χ4v) is 3.00. The number of nitrogens with zero attached hydrogens (tertiary/aromatic N) is 2. The van der Waals surface area contributed by atoms with Crippen LogP contribution >= 0.6 is 0 Å². The molecule has 2 N–H and O–H groups in total. The van der Waals surface area contributed by atoms with Crippen LogP contribution in [-0.4, -0.2) is 20.7 Å². The van der Waals surface area contributed by atoms with Gasteiger partial charge < -0.3 is 5.32 Å². The third-order valence-corrected chi connectivity index (χ3v) is 4.21. The van der Waals surface area contributed by atoms with Crippen molar-refractivity contribution in [2.24, 2.45) is 7.05 Å². The average molecular weight is 324 g/mol. The third-order valence-electron chi connectivity index (χ3n) is 4.21. The monoisotopic (exact) mass is 324 g/mol. The number of H-pyrrole nitrogens is 1. The molecule has 124 valence electrons. The number of hydrogen-bond acceptors (Lipinski definition) is 3. The van der Waals surface area contributed by atoms with E-state index in [0.29, 0.717) is 11.0 Å². The van der Waals surface area contributed by atoms with Crippen molar-refractivity contribution in [3.8, 4) is 0 Å². The fraction of sp³-hybridized carbons (Fsp3) is 0.278. The van der Waals surface area contributed by atoms with Gasteiger partial charge >= 0.3 is 0 Å². The summed E-state index contributed by atoms with van der Waals surface area (Å²) in [6, 6.07) is 7.65. The predicted octanol–water partition coefficient (Wildman–Crippen LogP) is 2.37. The van der Waals surface area contributed by atoms with E-state index in [4.69, 9.17) is 0 Å². The molecule has 0 saturated carbocycles.